The molecule has 0 aliphatic rings. The molecule has 2 aromatic carbocycles. The minimum absolute atomic E-state index is 0.128. The SMILES string of the molecule is CC(Oc1cccc(F)c1C#N)c1ccc(F)cc1. The van der Waals surface area contributed by atoms with Crippen LogP contribution in [0.1, 0.15) is 24.2 Å². The zero-order valence-corrected chi connectivity index (χ0v) is 10.2. The molecule has 2 rings (SSSR count). The fourth-order valence-electron chi connectivity index (χ4n) is 1.70. The Morgan fingerprint density at radius 3 is 2.42 bits per heavy atom. The molecule has 0 spiro atoms. The molecule has 0 saturated heterocycles. The lowest BCUT2D eigenvalue weighted by Gasteiger charge is -2.16. The van der Waals surface area contributed by atoms with Crippen molar-refractivity contribution in [2.24, 2.45) is 0 Å². The first kappa shape index (κ1) is 13.0. The average molecular weight is 259 g/mol. The van der Waals surface area contributed by atoms with E-state index in [1.165, 1.54) is 30.3 Å². The van der Waals surface area contributed by atoms with Crippen LogP contribution in [-0.4, -0.2) is 0 Å². The van der Waals surface area contributed by atoms with Crippen molar-refractivity contribution in [3.63, 3.8) is 0 Å². The maximum Gasteiger partial charge on any atom is 0.144 e. The standard InChI is InChI=1S/C15H11F2NO/c1-10(11-5-7-12(16)8-6-11)19-15-4-2-3-14(17)13(15)9-18/h2-8,10H,1H3. The van der Waals surface area contributed by atoms with E-state index in [1.807, 2.05) is 0 Å². The van der Waals surface area contributed by atoms with E-state index in [9.17, 15) is 8.78 Å². The van der Waals surface area contributed by atoms with Crippen LogP contribution in [0.15, 0.2) is 42.5 Å². The highest BCUT2D eigenvalue weighted by molar-refractivity contribution is 5.44. The number of ether oxygens (including phenoxy) is 1. The fraction of sp³-hybridized carbons (Fsp3) is 0.133. The van der Waals surface area contributed by atoms with Gasteiger partial charge in [0.1, 0.15) is 35.1 Å². The summed E-state index contributed by atoms with van der Waals surface area (Å²) < 4.78 is 31.8. The van der Waals surface area contributed by atoms with E-state index in [1.54, 1.807) is 25.1 Å². The predicted octanol–water partition coefficient (Wildman–Crippen LogP) is 3.98. The second-order valence-corrected chi connectivity index (χ2v) is 4.04. The molecule has 1 unspecified atom stereocenters. The van der Waals surface area contributed by atoms with Crippen LogP contribution >= 0.6 is 0 Å². The highest BCUT2D eigenvalue weighted by Gasteiger charge is 2.13. The molecule has 2 aromatic rings. The highest BCUT2D eigenvalue weighted by atomic mass is 19.1. The van der Waals surface area contributed by atoms with Crippen molar-refractivity contribution in [3.8, 4) is 11.8 Å². The summed E-state index contributed by atoms with van der Waals surface area (Å²) in [7, 11) is 0. The molecule has 0 aliphatic carbocycles. The van der Waals surface area contributed by atoms with Crippen molar-refractivity contribution in [2.45, 2.75) is 13.0 Å². The van der Waals surface area contributed by atoms with E-state index in [0.29, 0.717) is 0 Å². The van der Waals surface area contributed by atoms with Gasteiger partial charge < -0.3 is 4.74 Å². The lowest BCUT2D eigenvalue weighted by molar-refractivity contribution is 0.225. The number of hydrogen-bond donors (Lipinski definition) is 0. The van der Waals surface area contributed by atoms with Crippen LogP contribution in [0.25, 0.3) is 0 Å². The van der Waals surface area contributed by atoms with Crippen molar-refractivity contribution in [1.82, 2.24) is 0 Å². The molecule has 0 aliphatic heterocycles. The van der Waals surface area contributed by atoms with Crippen molar-refractivity contribution in [1.29, 1.82) is 5.26 Å². The summed E-state index contributed by atoms with van der Waals surface area (Å²) in [5.41, 5.74) is 0.617. The highest BCUT2D eigenvalue weighted by Crippen LogP contribution is 2.26. The maximum absolute atomic E-state index is 13.4. The third-order valence-electron chi connectivity index (χ3n) is 2.73. The van der Waals surface area contributed by atoms with E-state index in [-0.39, 0.29) is 17.1 Å². The van der Waals surface area contributed by atoms with Gasteiger partial charge in [-0.2, -0.15) is 5.26 Å². The summed E-state index contributed by atoms with van der Waals surface area (Å²) in [6.07, 6.45) is -0.408. The Kier molecular flexibility index (Phi) is 3.76. The predicted molar refractivity (Wildman–Crippen MR) is 66.6 cm³/mol. The lowest BCUT2D eigenvalue weighted by atomic mass is 10.1. The third kappa shape index (κ3) is 2.89. The van der Waals surface area contributed by atoms with Crippen LogP contribution in [0.4, 0.5) is 8.78 Å². The van der Waals surface area contributed by atoms with Gasteiger partial charge in [-0.05, 0) is 36.8 Å². The van der Waals surface area contributed by atoms with Gasteiger partial charge in [0.25, 0.3) is 0 Å². The van der Waals surface area contributed by atoms with Crippen LogP contribution in [0.3, 0.4) is 0 Å². The Bertz CT molecular complexity index is 617. The maximum atomic E-state index is 13.4. The molecule has 0 heterocycles. The normalized spacial score (nSPS) is 11.7. The molecule has 1 atom stereocenters. The largest absolute Gasteiger partial charge is 0.485 e. The molecular formula is C15H11F2NO. The van der Waals surface area contributed by atoms with Crippen LogP contribution in [0.5, 0.6) is 5.75 Å². The molecule has 4 heteroatoms. The summed E-state index contributed by atoms with van der Waals surface area (Å²) in [6, 6.07) is 11.8. The number of benzene rings is 2. The van der Waals surface area contributed by atoms with Crippen molar-refractivity contribution in [3.05, 3.63) is 65.2 Å². The summed E-state index contributed by atoms with van der Waals surface area (Å²) >= 11 is 0. The Morgan fingerprint density at radius 1 is 1.11 bits per heavy atom. The molecule has 19 heavy (non-hydrogen) atoms. The number of halogens is 2. The van der Waals surface area contributed by atoms with E-state index in [0.717, 1.165) is 5.56 Å². The Hall–Kier alpha value is -2.41. The van der Waals surface area contributed by atoms with E-state index in [2.05, 4.69) is 0 Å². The van der Waals surface area contributed by atoms with Gasteiger partial charge in [-0.3, -0.25) is 0 Å². The molecule has 0 fully saturated rings. The van der Waals surface area contributed by atoms with Crippen LogP contribution in [-0.2, 0) is 0 Å². The molecule has 0 amide bonds. The van der Waals surface area contributed by atoms with Crippen LogP contribution < -0.4 is 4.74 Å². The van der Waals surface area contributed by atoms with Crippen LogP contribution in [0.2, 0.25) is 0 Å². The Morgan fingerprint density at radius 2 is 1.79 bits per heavy atom. The minimum atomic E-state index is -0.619. The summed E-state index contributed by atoms with van der Waals surface area (Å²) in [4.78, 5) is 0. The van der Waals surface area contributed by atoms with Gasteiger partial charge in [-0.15, -0.1) is 0 Å². The summed E-state index contributed by atoms with van der Waals surface area (Å²) in [5.74, 6) is -0.773. The van der Waals surface area contributed by atoms with Gasteiger partial charge in [0, 0.05) is 0 Å². The lowest BCUT2D eigenvalue weighted by Crippen LogP contribution is -2.05. The van der Waals surface area contributed by atoms with Crippen LogP contribution in [0, 0.1) is 23.0 Å². The van der Waals surface area contributed by atoms with Gasteiger partial charge in [-0.25, -0.2) is 8.78 Å². The topological polar surface area (TPSA) is 33.0 Å². The molecule has 0 N–H and O–H groups in total. The zero-order valence-electron chi connectivity index (χ0n) is 10.2. The molecule has 0 saturated carbocycles. The molecule has 2 nitrogen and oxygen atoms in total. The second-order valence-electron chi connectivity index (χ2n) is 4.04. The van der Waals surface area contributed by atoms with Crippen molar-refractivity contribution >= 4 is 0 Å². The average Bonchev–Trinajstić information content (AvgIpc) is 2.39. The minimum Gasteiger partial charge on any atom is -0.485 e. The fourth-order valence-corrected chi connectivity index (χ4v) is 1.70. The third-order valence-corrected chi connectivity index (χ3v) is 2.73. The summed E-state index contributed by atoms with van der Waals surface area (Å²) in [6.45, 7) is 1.75. The number of rotatable bonds is 3. The van der Waals surface area contributed by atoms with Gasteiger partial charge >= 0.3 is 0 Å². The smallest absolute Gasteiger partial charge is 0.144 e. The van der Waals surface area contributed by atoms with Gasteiger partial charge in [-0.1, -0.05) is 18.2 Å². The Balaban J connectivity index is 2.24. The quantitative estimate of drug-likeness (QED) is 0.835. The number of nitrogens with zero attached hydrogens (tertiary/aromatic N) is 1. The molecule has 0 radical (unpaired) electrons. The van der Waals surface area contributed by atoms with Crippen molar-refractivity contribution < 1.29 is 13.5 Å². The summed E-state index contributed by atoms with van der Waals surface area (Å²) in [5, 5.41) is 8.90. The first-order valence-electron chi connectivity index (χ1n) is 5.72. The molecule has 96 valence electrons. The van der Waals surface area contributed by atoms with Gasteiger partial charge in [0.2, 0.25) is 0 Å². The molecule has 0 bridgehead atoms. The van der Waals surface area contributed by atoms with Gasteiger partial charge in [0.15, 0.2) is 0 Å². The zero-order chi connectivity index (χ0) is 13.8. The number of nitriles is 1. The molecule has 0 aromatic heterocycles. The van der Waals surface area contributed by atoms with Gasteiger partial charge in [0.05, 0.1) is 0 Å². The second kappa shape index (κ2) is 5.49. The molecular weight excluding hydrogens is 248 g/mol. The first-order chi connectivity index (χ1) is 9.11. The van der Waals surface area contributed by atoms with E-state index >= 15 is 0 Å². The Labute approximate surface area is 109 Å². The monoisotopic (exact) mass is 259 g/mol. The first-order valence-corrected chi connectivity index (χ1v) is 5.72. The van der Waals surface area contributed by atoms with E-state index in [4.69, 9.17) is 10.00 Å². The van der Waals surface area contributed by atoms with Crippen molar-refractivity contribution in [2.75, 3.05) is 0 Å². The number of hydrogen-bond acceptors (Lipinski definition) is 2. The van der Waals surface area contributed by atoms with E-state index < -0.39 is 11.9 Å².